The molecule has 0 unspecified atom stereocenters. The van der Waals surface area contributed by atoms with Crippen LogP contribution in [0.15, 0.2) is 34.7 Å². The number of hydrogen-bond donors (Lipinski definition) is 0. The molecule has 0 spiro atoms. The average Bonchev–Trinajstić information content (AvgIpc) is 2.97. The van der Waals surface area contributed by atoms with Crippen LogP contribution in [0.4, 0.5) is 0 Å². The lowest BCUT2D eigenvalue weighted by Crippen LogP contribution is -2.51. The molecule has 0 bridgehead atoms. The number of aryl methyl sites for hydroxylation is 3. The lowest BCUT2D eigenvalue weighted by atomic mass is 10.1. The van der Waals surface area contributed by atoms with E-state index in [-0.39, 0.29) is 5.91 Å². The Morgan fingerprint density at radius 1 is 1.22 bits per heavy atom. The summed E-state index contributed by atoms with van der Waals surface area (Å²) < 4.78 is 7.71. The number of fused-ring (bicyclic) bond motifs is 1. The maximum atomic E-state index is 12.6. The van der Waals surface area contributed by atoms with Crippen molar-refractivity contribution in [3.8, 4) is 0 Å². The van der Waals surface area contributed by atoms with Gasteiger partial charge in [-0.1, -0.05) is 12.1 Å². The Morgan fingerprint density at radius 2 is 1.96 bits per heavy atom. The highest BCUT2D eigenvalue weighted by molar-refractivity contribution is 5.96. The molecule has 3 aromatic rings. The van der Waals surface area contributed by atoms with E-state index in [0.29, 0.717) is 30.5 Å². The molecule has 0 N–H and O–H groups in total. The molecule has 1 saturated heterocycles. The second-order valence-corrected chi connectivity index (χ2v) is 6.21. The molecule has 1 amide bonds. The van der Waals surface area contributed by atoms with Gasteiger partial charge in [0, 0.05) is 13.1 Å². The Bertz CT molecular complexity index is 900. The van der Waals surface area contributed by atoms with Crippen molar-refractivity contribution in [2.45, 2.75) is 26.8 Å². The quantitative estimate of drug-likeness (QED) is 0.730. The molecular formula is C18H19N3O2. The van der Waals surface area contributed by atoms with E-state index < -0.39 is 0 Å². The van der Waals surface area contributed by atoms with Crippen LogP contribution in [0, 0.1) is 20.8 Å². The van der Waals surface area contributed by atoms with E-state index >= 15 is 0 Å². The van der Waals surface area contributed by atoms with E-state index in [0.717, 1.165) is 22.6 Å². The van der Waals surface area contributed by atoms with Crippen LogP contribution in [-0.4, -0.2) is 33.4 Å². The highest BCUT2D eigenvalue weighted by Crippen LogP contribution is 2.29. The average molecular weight is 309 g/mol. The van der Waals surface area contributed by atoms with Gasteiger partial charge in [-0.3, -0.25) is 4.79 Å². The van der Waals surface area contributed by atoms with Crippen LogP contribution in [-0.2, 0) is 0 Å². The molecule has 23 heavy (non-hydrogen) atoms. The van der Waals surface area contributed by atoms with E-state index in [1.807, 2.05) is 49.9 Å². The molecule has 0 aliphatic carbocycles. The van der Waals surface area contributed by atoms with Crippen molar-refractivity contribution in [2.24, 2.45) is 0 Å². The van der Waals surface area contributed by atoms with Crippen LogP contribution in [0.3, 0.4) is 0 Å². The van der Waals surface area contributed by atoms with Crippen LogP contribution in [0.5, 0.6) is 0 Å². The minimum absolute atomic E-state index is 0.0534. The molecule has 2 aromatic heterocycles. The number of carbonyl (C=O) groups is 1. The van der Waals surface area contributed by atoms with E-state index in [1.54, 1.807) is 0 Å². The van der Waals surface area contributed by atoms with Crippen LogP contribution < -0.4 is 0 Å². The van der Waals surface area contributed by atoms with Crippen LogP contribution >= 0.6 is 0 Å². The summed E-state index contributed by atoms with van der Waals surface area (Å²) in [6.45, 7) is 7.15. The van der Waals surface area contributed by atoms with E-state index in [2.05, 4.69) is 15.6 Å². The molecule has 1 aliphatic rings. The number of furan rings is 1. The van der Waals surface area contributed by atoms with Gasteiger partial charge in [-0.15, -0.1) is 0 Å². The van der Waals surface area contributed by atoms with Gasteiger partial charge in [0.15, 0.2) is 0 Å². The van der Waals surface area contributed by atoms with Gasteiger partial charge >= 0.3 is 0 Å². The van der Waals surface area contributed by atoms with Crippen molar-refractivity contribution in [2.75, 3.05) is 13.1 Å². The maximum Gasteiger partial charge on any atom is 0.257 e. The SMILES string of the molecule is Cc1cc(C(=O)N2CC(n3c(C)nc4ccccc43)C2)c(C)o1. The summed E-state index contributed by atoms with van der Waals surface area (Å²) in [5, 5.41) is 0. The zero-order valence-electron chi connectivity index (χ0n) is 13.5. The van der Waals surface area contributed by atoms with Gasteiger partial charge in [0.2, 0.25) is 0 Å². The van der Waals surface area contributed by atoms with E-state index in [1.165, 1.54) is 0 Å². The minimum Gasteiger partial charge on any atom is -0.466 e. The molecule has 0 atom stereocenters. The van der Waals surface area contributed by atoms with Crippen molar-refractivity contribution in [3.63, 3.8) is 0 Å². The number of imidazole rings is 1. The predicted octanol–water partition coefficient (Wildman–Crippen LogP) is 3.25. The molecule has 1 aromatic carbocycles. The molecule has 1 aliphatic heterocycles. The van der Waals surface area contributed by atoms with E-state index in [9.17, 15) is 4.79 Å². The largest absolute Gasteiger partial charge is 0.466 e. The van der Waals surface area contributed by atoms with Crippen molar-refractivity contribution in [3.05, 3.63) is 53.2 Å². The predicted molar refractivity (Wildman–Crippen MR) is 87.6 cm³/mol. The Hall–Kier alpha value is -2.56. The Labute approximate surface area is 134 Å². The standard InChI is InChI=1S/C18H19N3O2/c1-11-8-15(12(2)23-11)18(22)20-9-14(10-20)21-13(3)19-16-6-4-5-7-17(16)21/h4-8,14H,9-10H2,1-3H3. The number of benzene rings is 1. The fourth-order valence-electron chi connectivity index (χ4n) is 3.42. The van der Waals surface area contributed by atoms with Gasteiger partial charge < -0.3 is 13.9 Å². The molecule has 118 valence electrons. The van der Waals surface area contributed by atoms with Crippen LogP contribution in [0.25, 0.3) is 11.0 Å². The Morgan fingerprint density at radius 3 is 2.65 bits per heavy atom. The maximum absolute atomic E-state index is 12.6. The monoisotopic (exact) mass is 309 g/mol. The molecule has 5 nitrogen and oxygen atoms in total. The summed E-state index contributed by atoms with van der Waals surface area (Å²) in [4.78, 5) is 19.0. The van der Waals surface area contributed by atoms with Crippen LogP contribution in [0.2, 0.25) is 0 Å². The number of nitrogens with zero attached hydrogens (tertiary/aromatic N) is 3. The molecule has 3 heterocycles. The Kier molecular flexibility index (Phi) is 3.04. The van der Waals surface area contributed by atoms with Gasteiger partial charge in [-0.25, -0.2) is 4.98 Å². The minimum atomic E-state index is 0.0534. The molecule has 0 radical (unpaired) electrons. The number of carbonyl (C=O) groups excluding carboxylic acids is 1. The van der Waals surface area contributed by atoms with Crippen molar-refractivity contribution < 1.29 is 9.21 Å². The lowest BCUT2D eigenvalue weighted by Gasteiger charge is -2.40. The van der Waals surface area contributed by atoms with Crippen molar-refractivity contribution in [1.82, 2.24) is 14.5 Å². The van der Waals surface area contributed by atoms with Gasteiger partial charge in [-0.05, 0) is 39.0 Å². The number of rotatable bonds is 2. The smallest absolute Gasteiger partial charge is 0.257 e. The lowest BCUT2D eigenvalue weighted by molar-refractivity contribution is 0.0521. The van der Waals surface area contributed by atoms with Gasteiger partial charge in [0.25, 0.3) is 5.91 Å². The normalized spacial score (nSPS) is 15.2. The second kappa shape index (κ2) is 4.98. The fourth-order valence-corrected chi connectivity index (χ4v) is 3.42. The number of hydrogen-bond acceptors (Lipinski definition) is 3. The summed E-state index contributed by atoms with van der Waals surface area (Å²) in [5.41, 5.74) is 2.82. The number of aromatic nitrogens is 2. The third-order valence-corrected chi connectivity index (χ3v) is 4.56. The fraction of sp³-hybridized carbons (Fsp3) is 0.333. The first-order valence-corrected chi connectivity index (χ1v) is 7.84. The topological polar surface area (TPSA) is 51.3 Å². The van der Waals surface area contributed by atoms with Crippen LogP contribution in [0.1, 0.15) is 33.7 Å². The highest BCUT2D eigenvalue weighted by atomic mass is 16.3. The summed E-state index contributed by atoms with van der Waals surface area (Å²) in [5.74, 6) is 2.52. The van der Waals surface area contributed by atoms with Gasteiger partial charge in [-0.2, -0.15) is 0 Å². The first-order valence-electron chi connectivity index (χ1n) is 7.84. The first kappa shape index (κ1) is 14.1. The zero-order valence-corrected chi connectivity index (χ0v) is 13.5. The number of amides is 1. The third-order valence-electron chi connectivity index (χ3n) is 4.56. The molecule has 0 saturated carbocycles. The van der Waals surface area contributed by atoms with Gasteiger partial charge in [0.1, 0.15) is 17.3 Å². The Balaban J connectivity index is 1.56. The summed E-state index contributed by atoms with van der Waals surface area (Å²) in [6, 6.07) is 10.3. The van der Waals surface area contributed by atoms with Crippen molar-refractivity contribution in [1.29, 1.82) is 0 Å². The first-order chi connectivity index (χ1) is 11.0. The second-order valence-electron chi connectivity index (χ2n) is 6.21. The van der Waals surface area contributed by atoms with Gasteiger partial charge in [0.05, 0.1) is 22.6 Å². The highest BCUT2D eigenvalue weighted by Gasteiger charge is 2.35. The summed E-state index contributed by atoms with van der Waals surface area (Å²) in [6.07, 6.45) is 0. The molecule has 1 fully saturated rings. The van der Waals surface area contributed by atoms with Crippen molar-refractivity contribution >= 4 is 16.9 Å². The number of para-hydroxylation sites is 2. The van der Waals surface area contributed by atoms with E-state index in [4.69, 9.17) is 4.42 Å². The molecular weight excluding hydrogens is 290 g/mol. The summed E-state index contributed by atoms with van der Waals surface area (Å²) >= 11 is 0. The number of likely N-dealkylation sites (tertiary alicyclic amines) is 1. The zero-order chi connectivity index (χ0) is 16.1. The molecule has 5 heteroatoms. The molecule has 4 rings (SSSR count). The summed E-state index contributed by atoms with van der Waals surface area (Å²) in [7, 11) is 0. The third kappa shape index (κ3) is 2.15.